The number of pyridine rings is 1. The maximum atomic E-state index is 4.83. The highest BCUT2D eigenvalue weighted by atomic mass is 28.3. The molecule has 0 unspecified atom stereocenters. The van der Waals surface area contributed by atoms with Gasteiger partial charge in [-0.25, -0.2) is 0 Å². The zero-order chi connectivity index (χ0) is 16.3. The van der Waals surface area contributed by atoms with Gasteiger partial charge in [-0.15, -0.1) is 0 Å². The second-order valence-corrected chi connectivity index (χ2v) is 11.6. The molecule has 0 aliphatic carbocycles. The van der Waals surface area contributed by atoms with Crippen molar-refractivity contribution in [2.45, 2.75) is 25.8 Å². The van der Waals surface area contributed by atoms with Crippen LogP contribution in [0.3, 0.4) is 0 Å². The second kappa shape index (κ2) is 6.13. The van der Waals surface area contributed by atoms with Gasteiger partial charge < -0.3 is 0 Å². The van der Waals surface area contributed by atoms with Crippen molar-refractivity contribution in [3.05, 3.63) is 85.1 Å². The molecule has 0 fully saturated rings. The first-order valence-electron chi connectivity index (χ1n) is 8.09. The van der Waals surface area contributed by atoms with Crippen LogP contribution in [0.15, 0.2) is 85.1 Å². The molecule has 0 bridgehead atoms. The van der Waals surface area contributed by atoms with Gasteiger partial charge in [-0.05, 0) is 27.5 Å². The Kier molecular flexibility index (Phi) is 4.18. The summed E-state index contributed by atoms with van der Waals surface area (Å²) in [7, 11) is -2.24. The molecule has 0 N–H and O–H groups in total. The van der Waals surface area contributed by atoms with E-state index in [1.807, 2.05) is 12.3 Å². The normalized spacial score (nSPS) is 12.1. The quantitative estimate of drug-likeness (QED) is 0.675. The standard InChI is InChI=1S/C21H23NSi/c1-21(2,3)23(18-12-6-4-7-13-18,19-14-8-5-9-15-19)20-16-10-11-17-22-20/h4-17H,1-3H3. The topological polar surface area (TPSA) is 12.9 Å². The van der Waals surface area contributed by atoms with Crippen LogP contribution < -0.4 is 15.7 Å². The van der Waals surface area contributed by atoms with E-state index in [-0.39, 0.29) is 5.04 Å². The van der Waals surface area contributed by atoms with Gasteiger partial charge in [0.05, 0.1) is 0 Å². The van der Waals surface area contributed by atoms with Gasteiger partial charge in [0.25, 0.3) is 0 Å². The zero-order valence-corrected chi connectivity index (χ0v) is 15.0. The first kappa shape index (κ1) is 15.7. The molecule has 0 saturated carbocycles. The van der Waals surface area contributed by atoms with Gasteiger partial charge in [0.15, 0.2) is 8.07 Å². The lowest BCUT2D eigenvalue weighted by Crippen LogP contribution is -2.72. The highest BCUT2D eigenvalue weighted by Gasteiger charge is 2.50. The third kappa shape index (κ3) is 2.64. The maximum Gasteiger partial charge on any atom is 0.176 e. The molecule has 3 rings (SSSR count). The molecule has 0 atom stereocenters. The predicted octanol–water partition coefficient (Wildman–Crippen LogP) is 3.35. The minimum absolute atomic E-state index is 0.101. The Morgan fingerprint density at radius 3 is 1.52 bits per heavy atom. The van der Waals surface area contributed by atoms with Gasteiger partial charge in [0.1, 0.15) is 0 Å². The van der Waals surface area contributed by atoms with Gasteiger partial charge in [-0.1, -0.05) is 87.5 Å². The third-order valence-corrected chi connectivity index (χ3v) is 10.3. The van der Waals surface area contributed by atoms with Crippen LogP contribution >= 0.6 is 0 Å². The Morgan fingerprint density at radius 1 is 0.652 bits per heavy atom. The van der Waals surface area contributed by atoms with Crippen LogP contribution in [0.4, 0.5) is 0 Å². The predicted molar refractivity (Wildman–Crippen MR) is 101 cm³/mol. The monoisotopic (exact) mass is 317 g/mol. The fourth-order valence-electron chi connectivity index (χ4n) is 3.67. The molecule has 2 aromatic carbocycles. The van der Waals surface area contributed by atoms with E-state index in [0.29, 0.717) is 0 Å². The number of rotatable bonds is 3. The average Bonchev–Trinajstić information content (AvgIpc) is 2.57. The fraction of sp³-hybridized carbons (Fsp3) is 0.190. The van der Waals surface area contributed by atoms with E-state index in [0.717, 1.165) is 0 Å². The largest absolute Gasteiger partial charge is 0.265 e. The van der Waals surface area contributed by atoms with Gasteiger partial charge in [-0.2, -0.15) is 0 Å². The van der Waals surface area contributed by atoms with Crippen LogP contribution in [0, 0.1) is 0 Å². The molecule has 23 heavy (non-hydrogen) atoms. The maximum absolute atomic E-state index is 4.83. The molecule has 0 aliphatic rings. The average molecular weight is 318 g/mol. The first-order valence-corrected chi connectivity index (χ1v) is 10.1. The fourth-order valence-corrected chi connectivity index (χ4v) is 9.10. The second-order valence-electron chi connectivity index (χ2n) is 6.95. The molecule has 1 heterocycles. The summed E-state index contributed by atoms with van der Waals surface area (Å²) in [5.41, 5.74) is 0. The van der Waals surface area contributed by atoms with Gasteiger partial charge in [-0.3, -0.25) is 4.98 Å². The Hall–Kier alpha value is -2.19. The van der Waals surface area contributed by atoms with Crippen LogP contribution in [0.25, 0.3) is 0 Å². The number of aromatic nitrogens is 1. The molecular formula is C21H23NSi. The molecule has 3 aromatic rings. The molecule has 1 nitrogen and oxygen atoms in total. The van der Waals surface area contributed by atoms with Crippen LogP contribution in [-0.4, -0.2) is 13.1 Å². The van der Waals surface area contributed by atoms with Crippen LogP contribution in [0.1, 0.15) is 20.8 Å². The number of hydrogen-bond donors (Lipinski definition) is 0. The van der Waals surface area contributed by atoms with E-state index in [2.05, 4.69) is 93.6 Å². The lowest BCUT2D eigenvalue weighted by molar-refractivity contribution is 0.738. The SMILES string of the molecule is CC(C)(C)[Si](c1ccccc1)(c1ccccc1)c1ccccn1. The molecular weight excluding hydrogens is 294 g/mol. The van der Waals surface area contributed by atoms with E-state index >= 15 is 0 Å². The van der Waals surface area contributed by atoms with E-state index < -0.39 is 8.07 Å². The number of nitrogens with zero attached hydrogens (tertiary/aromatic N) is 1. The molecule has 0 spiro atoms. The Labute approximate surface area is 140 Å². The van der Waals surface area contributed by atoms with Crippen molar-refractivity contribution in [1.29, 1.82) is 0 Å². The van der Waals surface area contributed by atoms with Gasteiger partial charge in [0, 0.05) is 11.5 Å². The summed E-state index contributed by atoms with van der Waals surface area (Å²) in [4.78, 5) is 4.83. The van der Waals surface area contributed by atoms with Gasteiger partial charge in [0.2, 0.25) is 0 Å². The summed E-state index contributed by atoms with van der Waals surface area (Å²) in [6.07, 6.45) is 1.93. The van der Waals surface area contributed by atoms with E-state index in [4.69, 9.17) is 4.98 Å². The molecule has 0 aliphatic heterocycles. The van der Waals surface area contributed by atoms with E-state index in [1.54, 1.807) is 0 Å². The molecule has 116 valence electrons. The molecule has 0 amide bonds. The molecule has 2 heteroatoms. The van der Waals surface area contributed by atoms with Crippen molar-refractivity contribution in [2.24, 2.45) is 0 Å². The Morgan fingerprint density at radius 2 is 1.13 bits per heavy atom. The summed E-state index contributed by atoms with van der Waals surface area (Å²) in [5.74, 6) is 0. The van der Waals surface area contributed by atoms with E-state index in [1.165, 1.54) is 15.7 Å². The van der Waals surface area contributed by atoms with Crippen LogP contribution in [-0.2, 0) is 0 Å². The minimum Gasteiger partial charge on any atom is -0.265 e. The zero-order valence-electron chi connectivity index (χ0n) is 14.0. The van der Waals surface area contributed by atoms with E-state index in [9.17, 15) is 0 Å². The first-order chi connectivity index (χ1) is 11.1. The summed E-state index contributed by atoms with van der Waals surface area (Å²) < 4.78 is 0. The van der Waals surface area contributed by atoms with Crippen LogP contribution in [0.2, 0.25) is 5.04 Å². The molecule has 0 radical (unpaired) electrons. The summed E-state index contributed by atoms with van der Waals surface area (Å²) in [6.45, 7) is 7.07. The van der Waals surface area contributed by atoms with Crippen molar-refractivity contribution < 1.29 is 0 Å². The summed E-state index contributed by atoms with van der Waals surface area (Å²) in [5, 5.41) is 4.16. The lowest BCUT2D eigenvalue weighted by atomic mass is 10.2. The highest BCUT2D eigenvalue weighted by Crippen LogP contribution is 2.35. The lowest BCUT2D eigenvalue weighted by Gasteiger charge is -2.43. The van der Waals surface area contributed by atoms with Gasteiger partial charge >= 0.3 is 0 Å². The van der Waals surface area contributed by atoms with Crippen LogP contribution in [0.5, 0.6) is 0 Å². The molecule has 0 saturated heterocycles. The van der Waals surface area contributed by atoms with Crippen molar-refractivity contribution in [2.75, 3.05) is 0 Å². The third-order valence-electron chi connectivity index (χ3n) is 4.59. The number of hydrogen-bond acceptors (Lipinski definition) is 1. The van der Waals surface area contributed by atoms with Crippen molar-refractivity contribution >= 4 is 23.8 Å². The van der Waals surface area contributed by atoms with Crippen molar-refractivity contribution in [3.8, 4) is 0 Å². The Bertz CT molecular complexity index is 649. The number of benzene rings is 2. The smallest absolute Gasteiger partial charge is 0.176 e. The highest BCUT2D eigenvalue weighted by molar-refractivity contribution is 7.12. The van der Waals surface area contributed by atoms with Crippen molar-refractivity contribution in [1.82, 2.24) is 4.98 Å². The minimum atomic E-state index is -2.24. The molecule has 1 aromatic heterocycles. The Balaban J connectivity index is 2.41. The van der Waals surface area contributed by atoms with Crippen molar-refractivity contribution in [3.63, 3.8) is 0 Å². The summed E-state index contributed by atoms with van der Waals surface area (Å²) in [6, 6.07) is 28.2. The summed E-state index contributed by atoms with van der Waals surface area (Å²) >= 11 is 0.